The Morgan fingerprint density at radius 1 is 0.964 bits per heavy atom. The van der Waals surface area contributed by atoms with Gasteiger partial charge in [-0.1, -0.05) is 43.2 Å². The van der Waals surface area contributed by atoms with Gasteiger partial charge in [0.15, 0.2) is 0 Å². The quantitative estimate of drug-likeness (QED) is 0.703. The molecule has 1 unspecified atom stereocenters. The Morgan fingerprint density at radius 2 is 1.68 bits per heavy atom. The standard InChI is InChI=1S/C22H29N3O2S/c26-21(23-12-10-18-8-4-3-5-9-18)22(27)24-16-20(19-11-15-28-17-19)25-13-6-1-2-7-14-25/h3-5,8-9,11,15,17,20H,1-2,6-7,10,12-14,16H2,(H,23,26)(H,24,27). The minimum absolute atomic E-state index is 0.130. The van der Waals surface area contributed by atoms with Crippen molar-refractivity contribution in [1.82, 2.24) is 15.5 Å². The highest BCUT2D eigenvalue weighted by Gasteiger charge is 2.23. The van der Waals surface area contributed by atoms with Gasteiger partial charge >= 0.3 is 11.8 Å². The van der Waals surface area contributed by atoms with Crippen LogP contribution < -0.4 is 10.6 Å². The Bertz CT molecular complexity index is 726. The molecule has 2 heterocycles. The van der Waals surface area contributed by atoms with E-state index in [1.807, 2.05) is 30.3 Å². The number of hydrogen-bond acceptors (Lipinski definition) is 4. The lowest BCUT2D eigenvalue weighted by Crippen LogP contribution is -2.44. The SMILES string of the molecule is O=C(NCCc1ccccc1)C(=O)NCC(c1ccsc1)N1CCCCCC1. The number of amides is 2. The molecule has 0 radical (unpaired) electrons. The third kappa shape index (κ3) is 6.17. The van der Waals surface area contributed by atoms with Gasteiger partial charge in [0, 0.05) is 13.1 Å². The van der Waals surface area contributed by atoms with Crippen molar-refractivity contribution in [2.75, 3.05) is 26.2 Å². The van der Waals surface area contributed by atoms with E-state index in [-0.39, 0.29) is 6.04 Å². The van der Waals surface area contributed by atoms with Crippen LogP contribution in [0.4, 0.5) is 0 Å². The molecule has 0 aliphatic carbocycles. The van der Waals surface area contributed by atoms with Gasteiger partial charge in [0.1, 0.15) is 0 Å². The van der Waals surface area contributed by atoms with Crippen LogP contribution in [0.1, 0.15) is 42.9 Å². The van der Waals surface area contributed by atoms with Gasteiger partial charge in [-0.2, -0.15) is 11.3 Å². The molecule has 3 rings (SSSR count). The predicted molar refractivity (Wildman–Crippen MR) is 113 cm³/mol. The second-order valence-corrected chi connectivity index (χ2v) is 8.00. The fourth-order valence-corrected chi connectivity index (χ4v) is 4.35. The Hall–Kier alpha value is -2.18. The second kappa shape index (κ2) is 11.0. The summed E-state index contributed by atoms with van der Waals surface area (Å²) in [6.45, 7) is 3.00. The number of nitrogens with one attached hydrogen (secondary N) is 2. The summed E-state index contributed by atoms with van der Waals surface area (Å²) in [6, 6.07) is 12.2. The Kier molecular flexibility index (Phi) is 8.06. The van der Waals surface area contributed by atoms with Crippen molar-refractivity contribution in [3.05, 3.63) is 58.3 Å². The van der Waals surface area contributed by atoms with Gasteiger partial charge in [0.05, 0.1) is 6.04 Å². The van der Waals surface area contributed by atoms with E-state index in [0.29, 0.717) is 19.5 Å². The Labute approximate surface area is 171 Å². The molecule has 1 fully saturated rings. The molecule has 1 aromatic carbocycles. The first kappa shape index (κ1) is 20.6. The highest BCUT2D eigenvalue weighted by molar-refractivity contribution is 7.08. The number of hydrogen-bond donors (Lipinski definition) is 2. The van der Waals surface area contributed by atoms with Crippen LogP contribution >= 0.6 is 11.3 Å². The summed E-state index contributed by atoms with van der Waals surface area (Å²) in [6.07, 6.45) is 5.63. The van der Waals surface area contributed by atoms with Gasteiger partial charge in [-0.25, -0.2) is 0 Å². The molecule has 2 aromatic rings. The van der Waals surface area contributed by atoms with Gasteiger partial charge in [-0.15, -0.1) is 0 Å². The van der Waals surface area contributed by atoms with Crippen LogP contribution in [-0.2, 0) is 16.0 Å². The van der Waals surface area contributed by atoms with E-state index < -0.39 is 11.8 Å². The second-order valence-electron chi connectivity index (χ2n) is 7.22. The Morgan fingerprint density at radius 3 is 2.36 bits per heavy atom. The molecule has 1 aliphatic rings. The monoisotopic (exact) mass is 399 g/mol. The smallest absolute Gasteiger partial charge is 0.309 e. The van der Waals surface area contributed by atoms with Crippen molar-refractivity contribution in [1.29, 1.82) is 0 Å². The summed E-state index contributed by atoms with van der Waals surface area (Å²) in [5.41, 5.74) is 2.36. The zero-order chi connectivity index (χ0) is 19.6. The first-order valence-corrected chi connectivity index (χ1v) is 11.0. The highest BCUT2D eigenvalue weighted by Crippen LogP contribution is 2.25. The first-order valence-electron chi connectivity index (χ1n) is 10.1. The zero-order valence-electron chi connectivity index (χ0n) is 16.2. The summed E-state index contributed by atoms with van der Waals surface area (Å²) in [7, 11) is 0. The van der Waals surface area contributed by atoms with Crippen LogP contribution in [0.3, 0.4) is 0 Å². The number of thiophene rings is 1. The lowest BCUT2D eigenvalue weighted by atomic mass is 10.1. The molecule has 2 N–H and O–H groups in total. The van der Waals surface area contributed by atoms with E-state index in [1.165, 1.54) is 31.2 Å². The predicted octanol–water partition coefficient (Wildman–Crippen LogP) is 3.14. The van der Waals surface area contributed by atoms with Gasteiger partial charge in [-0.3, -0.25) is 14.5 Å². The normalized spacial score (nSPS) is 16.1. The molecule has 150 valence electrons. The number of rotatable bonds is 7. The topological polar surface area (TPSA) is 61.4 Å². The number of carbonyl (C=O) groups excluding carboxylic acids is 2. The Balaban J connectivity index is 1.49. The molecule has 6 heteroatoms. The third-order valence-electron chi connectivity index (χ3n) is 5.21. The average molecular weight is 400 g/mol. The van der Waals surface area contributed by atoms with Crippen molar-refractivity contribution >= 4 is 23.2 Å². The van der Waals surface area contributed by atoms with Crippen LogP contribution in [0, 0.1) is 0 Å². The summed E-state index contributed by atoms with van der Waals surface area (Å²) in [5.74, 6) is -1.11. The third-order valence-corrected chi connectivity index (χ3v) is 5.92. The molecular formula is C22H29N3O2S. The van der Waals surface area contributed by atoms with Gasteiger partial charge in [0.25, 0.3) is 0 Å². The molecule has 0 spiro atoms. The highest BCUT2D eigenvalue weighted by atomic mass is 32.1. The molecule has 1 aliphatic heterocycles. The number of likely N-dealkylation sites (tertiary alicyclic amines) is 1. The van der Waals surface area contributed by atoms with E-state index >= 15 is 0 Å². The largest absolute Gasteiger partial charge is 0.348 e. The summed E-state index contributed by atoms with van der Waals surface area (Å²) < 4.78 is 0. The molecule has 2 amide bonds. The molecule has 1 saturated heterocycles. The summed E-state index contributed by atoms with van der Waals surface area (Å²) >= 11 is 1.67. The van der Waals surface area contributed by atoms with Crippen molar-refractivity contribution in [3.8, 4) is 0 Å². The van der Waals surface area contributed by atoms with Crippen molar-refractivity contribution in [2.24, 2.45) is 0 Å². The fourth-order valence-electron chi connectivity index (χ4n) is 3.64. The summed E-state index contributed by atoms with van der Waals surface area (Å²) in [4.78, 5) is 26.8. The maximum atomic E-state index is 12.3. The van der Waals surface area contributed by atoms with E-state index in [0.717, 1.165) is 18.7 Å². The molecular weight excluding hydrogens is 370 g/mol. The number of nitrogens with zero attached hydrogens (tertiary/aromatic N) is 1. The van der Waals surface area contributed by atoms with Crippen molar-refractivity contribution in [3.63, 3.8) is 0 Å². The van der Waals surface area contributed by atoms with Crippen LogP contribution in [-0.4, -0.2) is 42.9 Å². The van der Waals surface area contributed by atoms with E-state index in [1.54, 1.807) is 11.3 Å². The lowest BCUT2D eigenvalue weighted by molar-refractivity contribution is -0.139. The molecule has 0 bridgehead atoms. The lowest BCUT2D eigenvalue weighted by Gasteiger charge is -2.30. The maximum absolute atomic E-state index is 12.3. The van der Waals surface area contributed by atoms with Gasteiger partial charge in [-0.05, 0) is 60.3 Å². The fraction of sp³-hybridized carbons (Fsp3) is 0.455. The van der Waals surface area contributed by atoms with E-state index in [2.05, 4.69) is 32.4 Å². The minimum Gasteiger partial charge on any atom is -0.348 e. The van der Waals surface area contributed by atoms with Crippen LogP contribution in [0.5, 0.6) is 0 Å². The summed E-state index contributed by atoms with van der Waals surface area (Å²) in [5, 5.41) is 9.77. The number of carbonyl (C=O) groups is 2. The van der Waals surface area contributed by atoms with Crippen molar-refractivity contribution < 1.29 is 9.59 Å². The van der Waals surface area contributed by atoms with E-state index in [4.69, 9.17) is 0 Å². The van der Waals surface area contributed by atoms with E-state index in [9.17, 15) is 9.59 Å². The van der Waals surface area contributed by atoms with Gasteiger partial charge in [0.2, 0.25) is 0 Å². The van der Waals surface area contributed by atoms with Gasteiger partial charge < -0.3 is 10.6 Å². The van der Waals surface area contributed by atoms with Crippen LogP contribution in [0.2, 0.25) is 0 Å². The zero-order valence-corrected chi connectivity index (χ0v) is 17.0. The molecule has 0 saturated carbocycles. The molecule has 1 atom stereocenters. The average Bonchev–Trinajstić information content (AvgIpc) is 3.11. The molecule has 5 nitrogen and oxygen atoms in total. The van der Waals surface area contributed by atoms with Crippen LogP contribution in [0.25, 0.3) is 0 Å². The number of benzene rings is 1. The first-order chi connectivity index (χ1) is 13.7. The minimum atomic E-state index is -0.559. The van der Waals surface area contributed by atoms with Crippen molar-refractivity contribution in [2.45, 2.75) is 38.1 Å². The molecule has 1 aromatic heterocycles. The molecule has 28 heavy (non-hydrogen) atoms. The van der Waals surface area contributed by atoms with Crippen LogP contribution in [0.15, 0.2) is 47.2 Å². The maximum Gasteiger partial charge on any atom is 0.309 e.